The van der Waals surface area contributed by atoms with E-state index in [2.05, 4.69) is 10.1 Å². The fourth-order valence-electron chi connectivity index (χ4n) is 2.25. The van der Waals surface area contributed by atoms with Gasteiger partial charge in [0.05, 0.1) is 6.61 Å². The lowest BCUT2D eigenvalue weighted by atomic mass is 9.84. The summed E-state index contributed by atoms with van der Waals surface area (Å²) in [6.07, 6.45) is 1.66. The predicted molar refractivity (Wildman–Crippen MR) is 56.0 cm³/mol. The Morgan fingerprint density at radius 2 is 1.88 bits per heavy atom. The molecule has 2 nitrogen and oxygen atoms in total. The Bertz CT molecular complexity index is 190. The van der Waals surface area contributed by atoms with Gasteiger partial charge in [-0.2, -0.15) is 0 Å². The van der Waals surface area contributed by atoms with Gasteiger partial charge in [0, 0.05) is 12.6 Å². The molecular formula is C11H20F3NO. The Hall–Kier alpha value is -0.290. The number of hydrogen-bond donors (Lipinski definition) is 1. The Morgan fingerprint density at radius 3 is 2.44 bits per heavy atom. The van der Waals surface area contributed by atoms with Crippen molar-refractivity contribution >= 4 is 0 Å². The lowest BCUT2D eigenvalue weighted by Crippen LogP contribution is -2.37. The lowest BCUT2D eigenvalue weighted by Gasteiger charge is -2.28. The summed E-state index contributed by atoms with van der Waals surface area (Å²) >= 11 is 0. The molecule has 0 aromatic rings. The summed E-state index contributed by atoms with van der Waals surface area (Å²) in [7, 11) is 0. The number of ether oxygens (including phenoxy) is 1. The first-order chi connectivity index (χ1) is 7.49. The van der Waals surface area contributed by atoms with Crippen LogP contribution in [0.3, 0.4) is 0 Å². The standard InChI is InChI=1S/C11H20F3NO/c1-9(10-5-3-2-4-6-10)15-7-8-16-11(12,13)14/h9-10,15H,2-8H2,1H3/t9-/m1/s1. The number of rotatable bonds is 5. The molecule has 0 amide bonds. The summed E-state index contributed by atoms with van der Waals surface area (Å²) in [6, 6.07) is 0.289. The van der Waals surface area contributed by atoms with Crippen molar-refractivity contribution in [2.45, 2.75) is 51.4 Å². The van der Waals surface area contributed by atoms with Crippen LogP contribution in [0.5, 0.6) is 0 Å². The molecule has 16 heavy (non-hydrogen) atoms. The number of nitrogens with one attached hydrogen (secondary N) is 1. The van der Waals surface area contributed by atoms with Crippen LogP contribution in [0.25, 0.3) is 0 Å². The first-order valence-electron chi connectivity index (χ1n) is 5.93. The maximum Gasteiger partial charge on any atom is 0.522 e. The van der Waals surface area contributed by atoms with Gasteiger partial charge in [-0.05, 0) is 25.7 Å². The van der Waals surface area contributed by atoms with E-state index in [1.807, 2.05) is 6.92 Å². The third-order valence-corrected chi connectivity index (χ3v) is 3.19. The van der Waals surface area contributed by atoms with E-state index in [-0.39, 0.29) is 19.2 Å². The Balaban J connectivity index is 2.07. The highest BCUT2D eigenvalue weighted by molar-refractivity contribution is 4.75. The molecule has 0 aliphatic heterocycles. The molecule has 1 aliphatic carbocycles. The summed E-state index contributed by atoms with van der Waals surface area (Å²) in [6.45, 7) is 2.00. The molecule has 0 aromatic heterocycles. The minimum absolute atomic E-state index is 0.261. The Morgan fingerprint density at radius 1 is 1.25 bits per heavy atom. The molecule has 5 heteroatoms. The molecule has 1 aliphatic rings. The second-order valence-electron chi connectivity index (χ2n) is 4.44. The van der Waals surface area contributed by atoms with Gasteiger partial charge in [0.15, 0.2) is 0 Å². The van der Waals surface area contributed by atoms with Crippen molar-refractivity contribution in [1.29, 1.82) is 0 Å². The quantitative estimate of drug-likeness (QED) is 0.744. The summed E-state index contributed by atoms with van der Waals surface area (Å²) in [4.78, 5) is 0. The van der Waals surface area contributed by atoms with Crippen LogP contribution in [0.1, 0.15) is 39.0 Å². The number of alkyl halides is 3. The molecule has 0 radical (unpaired) electrons. The van der Waals surface area contributed by atoms with E-state index in [9.17, 15) is 13.2 Å². The van der Waals surface area contributed by atoms with Gasteiger partial charge in [0.2, 0.25) is 0 Å². The van der Waals surface area contributed by atoms with E-state index >= 15 is 0 Å². The van der Waals surface area contributed by atoms with Crippen LogP contribution >= 0.6 is 0 Å². The van der Waals surface area contributed by atoms with Crippen LogP contribution in [0, 0.1) is 5.92 Å². The lowest BCUT2D eigenvalue weighted by molar-refractivity contribution is -0.323. The first-order valence-corrected chi connectivity index (χ1v) is 5.93. The van der Waals surface area contributed by atoms with Gasteiger partial charge in [-0.25, -0.2) is 0 Å². The highest BCUT2D eigenvalue weighted by Crippen LogP contribution is 2.26. The SMILES string of the molecule is C[C@@H](NCCOC(F)(F)F)C1CCCCC1. The molecule has 0 spiro atoms. The molecule has 96 valence electrons. The Labute approximate surface area is 94.5 Å². The van der Waals surface area contributed by atoms with Crippen molar-refractivity contribution in [2.24, 2.45) is 5.92 Å². The summed E-state index contributed by atoms with van der Waals surface area (Å²) < 4.78 is 38.8. The maximum absolute atomic E-state index is 11.7. The normalized spacial score (nSPS) is 21.0. The zero-order chi connectivity index (χ0) is 12.0. The van der Waals surface area contributed by atoms with Crippen molar-refractivity contribution in [2.75, 3.05) is 13.2 Å². The fourth-order valence-corrected chi connectivity index (χ4v) is 2.25. The second-order valence-corrected chi connectivity index (χ2v) is 4.44. The Kier molecular flexibility index (Phi) is 5.55. The van der Waals surface area contributed by atoms with Crippen LogP contribution < -0.4 is 5.32 Å². The molecule has 0 bridgehead atoms. The minimum Gasteiger partial charge on any atom is -0.312 e. The third kappa shape index (κ3) is 5.70. The number of halogens is 3. The highest BCUT2D eigenvalue weighted by atomic mass is 19.4. The molecule has 0 aromatic carbocycles. The van der Waals surface area contributed by atoms with Crippen LogP contribution in [-0.2, 0) is 4.74 Å². The van der Waals surface area contributed by atoms with Crippen LogP contribution in [-0.4, -0.2) is 25.6 Å². The number of hydrogen-bond acceptors (Lipinski definition) is 2. The van der Waals surface area contributed by atoms with Crippen LogP contribution in [0.4, 0.5) is 13.2 Å². The molecule has 0 unspecified atom stereocenters. The average Bonchev–Trinajstić information content (AvgIpc) is 2.24. The van der Waals surface area contributed by atoms with E-state index in [1.54, 1.807) is 0 Å². The second kappa shape index (κ2) is 6.45. The van der Waals surface area contributed by atoms with Gasteiger partial charge in [-0.1, -0.05) is 19.3 Å². The van der Waals surface area contributed by atoms with Gasteiger partial charge in [0.25, 0.3) is 0 Å². The van der Waals surface area contributed by atoms with E-state index in [4.69, 9.17) is 0 Å². The third-order valence-electron chi connectivity index (χ3n) is 3.19. The van der Waals surface area contributed by atoms with Crippen molar-refractivity contribution in [3.63, 3.8) is 0 Å². The van der Waals surface area contributed by atoms with Gasteiger partial charge in [-0.3, -0.25) is 4.74 Å². The molecule has 1 N–H and O–H groups in total. The van der Waals surface area contributed by atoms with E-state index in [0.717, 1.165) is 0 Å². The molecule has 1 fully saturated rings. The van der Waals surface area contributed by atoms with E-state index in [0.29, 0.717) is 5.92 Å². The van der Waals surface area contributed by atoms with Crippen molar-refractivity contribution < 1.29 is 17.9 Å². The fraction of sp³-hybridized carbons (Fsp3) is 1.00. The molecule has 0 heterocycles. The summed E-state index contributed by atoms with van der Waals surface area (Å²) in [5.74, 6) is 0.611. The van der Waals surface area contributed by atoms with Gasteiger partial charge >= 0.3 is 6.36 Å². The van der Waals surface area contributed by atoms with E-state index in [1.165, 1.54) is 32.1 Å². The summed E-state index contributed by atoms with van der Waals surface area (Å²) in [5.41, 5.74) is 0. The maximum atomic E-state index is 11.7. The van der Waals surface area contributed by atoms with Gasteiger partial charge in [0.1, 0.15) is 0 Å². The molecule has 1 saturated carbocycles. The van der Waals surface area contributed by atoms with E-state index < -0.39 is 6.36 Å². The van der Waals surface area contributed by atoms with Crippen LogP contribution in [0.15, 0.2) is 0 Å². The first kappa shape index (κ1) is 13.8. The minimum atomic E-state index is -4.50. The molecule has 1 rings (SSSR count). The van der Waals surface area contributed by atoms with Crippen LogP contribution in [0.2, 0.25) is 0 Å². The zero-order valence-corrected chi connectivity index (χ0v) is 9.65. The predicted octanol–water partition coefficient (Wildman–Crippen LogP) is 3.08. The molecule has 1 atom stereocenters. The highest BCUT2D eigenvalue weighted by Gasteiger charge is 2.28. The van der Waals surface area contributed by atoms with Crippen molar-refractivity contribution in [3.8, 4) is 0 Å². The molecule has 0 saturated heterocycles. The average molecular weight is 239 g/mol. The van der Waals surface area contributed by atoms with Crippen molar-refractivity contribution in [1.82, 2.24) is 5.32 Å². The topological polar surface area (TPSA) is 21.3 Å². The smallest absolute Gasteiger partial charge is 0.312 e. The summed E-state index contributed by atoms with van der Waals surface area (Å²) in [5, 5.41) is 3.10. The van der Waals surface area contributed by atoms with Gasteiger partial charge in [-0.15, -0.1) is 13.2 Å². The van der Waals surface area contributed by atoms with Crippen molar-refractivity contribution in [3.05, 3.63) is 0 Å². The molecular weight excluding hydrogens is 219 g/mol. The largest absolute Gasteiger partial charge is 0.522 e. The van der Waals surface area contributed by atoms with Gasteiger partial charge < -0.3 is 5.32 Å². The zero-order valence-electron chi connectivity index (χ0n) is 9.65. The monoisotopic (exact) mass is 239 g/mol.